The van der Waals surface area contributed by atoms with Crippen molar-refractivity contribution in [3.05, 3.63) is 53.9 Å². The van der Waals surface area contributed by atoms with Gasteiger partial charge >= 0.3 is 5.97 Å². The average Bonchev–Trinajstić information content (AvgIpc) is 3.22. The number of esters is 1. The third-order valence-corrected chi connectivity index (χ3v) is 4.71. The molecule has 7 nitrogen and oxygen atoms in total. The number of nitrogens with zero attached hydrogens (tertiary/aromatic N) is 2. The number of carbonyl (C=O) groups is 2. The largest absolute Gasteiger partial charge is 0.462 e. The van der Waals surface area contributed by atoms with Crippen molar-refractivity contribution >= 4 is 24.3 Å². The van der Waals surface area contributed by atoms with Crippen molar-refractivity contribution in [2.45, 2.75) is 31.8 Å². The van der Waals surface area contributed by atoms with Gasteiger partial charge in [-0.1, -0.05) is 12.1 Å². The van der Waals surface area contributed by atoms with Crippen molar-refractivity contribution in [1.82, 2.24) is 20.4 Å². The lowest BCUT2D eigenvalue weighted by atomic mass is 9.87. The summed E-state index contributed by atoms with van der Waals surface area (Å²) in [5.74, 6) is -0.368. The molecule has 0 unspecified atom stereocenters. The van der Waals surface area contributed by atoms with Gasteiger partial charge in [0.1, 0.15) is 5.54 Å². The van der Waals surface area contributed by atoms with E-state index in [4.69, 9.17) is 4.74 Å². The van der Waals surface area contributed by atoms with E-state index < -0.39 is 5.54 Å². The minimum atomic E-state index is -0.653. The fraction of sp³-hybridized carbons (Fsp3) is 0.421. The Morgan fingerprint density at radius 1 is 1.26 bits per heavy atom. The van der Waals surface area contributed by atoms with Gasteiger partial charge in [0.15, 0.2) is 0 Å². The molecule has 0 spiro atoms. The number of nitrogens with one attached hydrogen (secondary N) is 2. The summed E-state index contributed by atoms with van der Waals surface area (Å²) in [7, 11) is 0. The van der Waals surface area contributed by atoms with Crippen LogP contribution in [0.15, 0.2) is 42.7 Å². The van der Waals surface area contributed by atoms with Gasteiger partial charge in [0.05, 0.1) is 12.2 Å². The zero-order valence-corrected chi connectivity index (χ0v) is 16.1. The van der Waals surface area contributed by atoms with Gasteiger partial charge in [-0.25, -0.2) is 4.79 Å². The van der Waals surface area contributed by atoms with E-state index >= 15 is 0 Å². The zero-order chi connectivity index (χ0) is 18.4. The Morgan fingerprint density at radius 3 is 2.56 bits per heavy atom. The second kappa shape index (κ2) is 9.53. The van der Waals surface area contributed by atoms with Gasteiger partial charge < -0.3 is 15.4 Å². The summed E-state index contributed by atoms with van der Waals surface area (Å²) in [5, 5.41) is 10.6. The van der Waals surface area contributed by atoms with E-state index in [1.54, 1.807) is 29.9 Å². The molecule has 0 aliphatic carbocycles. The number of halogens is 1. The van der Waals surface area contributed by atoms with Gasteiger partial charge in [0, 0.05) is 18.9 Å². The monoisotopic (exact) mass is 392 g/mol. The smallest absolute Gasteiger partial charge is 0.338 e. The molecule has 0 saturated carbocycles. The van der Waals surface area contributed by atoms with Crippen LogP contribution in [0.25, 0.3) is 0 Å². The Bertz CT molecular complexity index is 741. The molecule has 0 atom stereocenters. The fourth-order valence-corrected chi connectivity index (χ4v) is 3.24. The van der Waals surface area contributed by atoms with E-state index in [2.05, 4.69) is 15.7 Å². The standard InChI is InChI=1S/C19H24N4O3.ClH/c1-2-26-17(24)16-6-4-15(5-7-16)14-21-18(25)19(8-11-20-12-9-19)23-13-3-10-22-23;/h3-7,10,13,20H,2,8-9,11-12,14H2,1H3,(H,21,25);1H. The number of aromatic nitrogens is 2. The van der Waals surface area contributed by atoms with Gasteiger partial charge in [0.25, 0.3) is 0 Å². The Kier molecular flexibility index (Phi) is 7.38. The molecule has 2 N–H and O–H groups in total. The summed E-state index contributed by atoms with van der Waals surface area (Å²) >= 11 is 0. The van der Waals surface area contributed by atoms with Crippen LogP contribution < -0.4 is 10.6 Å². The minimum Gasteiger partial charge on any atom is -0.462 e. The fourth-order valence-electron chi connectivity index (χ4n) is 3.24. The molecule has 1 fully saturated rings. The van der Waals surface area contributed by atoms with Gasteiger partial charge in [-0.05, 0) is 56.6 Å². The maximum Gasteiger partial charge on any atom is 0.338 e. The van der Waals surface area contributed by atoms with Crippen LogP contribution in [0.2, 0.25) is 0 Å². The van der Waals surface area contributed by atoms with Crippen molar-refractivity contribution in [3.63, 3.8) is 0 Å². The molecule has 2 aromatic rings. The van der Waals surface area contributed by atoms with Crippen LogP contribution >= 0.6 is 12.4 Å². The molecule has 1 saturated heterocycles. The molecular weight excluding hydrogens is 368 g/mol. The number of rotatable bonds is 6. The lowest BCUT2D eigenvalue weighted by molar-refractivity contribution is -0.132. The molecule has 3 rings (SSSR count). The van der Waals surface area contributed by atoms with E-state index in [9.17, 15) is 9.59 Å². The van der Waals surface area contributed by atoms with Crippen LogP contribution in [0.5, 0.6) is 0 Å². The topological polar surface area (TPSA) is 85.2 Å². The summed E-state index contributed by atoms with van der Waals surface area (Å²) < 4.78 is 6.75. The lowest BCUT2D eigenvalue weighted by Gasteiger charge is -2.36. The minimum absolute atomic E-state index is 0. The Balaban J connectivity index is 0.00000261. The first-order valence-electron chi connectivity index (χ1n) is 8.91. The van der Waals surface area contributed by atoms with Gasteiger partial charge in [-0.2, -0.15) is 5.10 Å². The normalized spacial score (nSPS) is 15.4. The quantitative estimate of drug-likeness (QED) is 0.733. The van der Waals surface area contributed by atoms with E-state index in [-0.39, 0.29) is 24.3 Å². The number of hydrogen-bond donors (Lipinski definition) is 2. The van der Waals surface area contributed by atoms with E-state index in [1.165, 1.54) is 0 Å². The van der Waals surface area contributed by atoms with Crippen LogP contribution in [0.3, 0.4) is 0 Å². The summed E-state index contributed by atoms with van der Waals surface area (Å²) in [6, 6.07) is 8.93. The Morgan fingerprint density at radius 2 is 1.96 bits per heavy atom. The van der Waals surface area contributed by atoms with Crippen molar-refractivity contribution < 1.29 is 14.3 Å². The second-order valence-corrected chi connectivity index (χ2v) is 6.33. The van der Waals surface area contributed by atoms with Crippen LogP contribution in [-0.2, 0) is 21.6 Å². The van der Waals surface area contributed by atoms with E-state index in [1.807, 2.05) is 24.4 Å². The third kappa shape index (κ3) is 4.67. The molecule has 1 aliphatic rings. The highest BCUT2D eigenvalue weighted by Crippen LogP contribution is 2.27. The van der Waals surface area contributed by atoms with Crippen LogP contribution in [0, 0.1) is 0 Å². The molecule has 1 aromatic heterocycles. The Labute approximate surface area is 164 Å². The number of carbonyl (C=O) groups excluding carboxylic acids is 2. The van der Waals surface area contributed by atoms with Crippen molar-refractivity contribution in [1.29, 1.82) is 0 Å². The molecule has 1 aliphatic heterocycles. The van der Waals surface area contributed by atoms with Gasteiger partial charge in [-0.15, -0.1) is 12.4 Å². The molecule has 0 radical (unpaired) electrons. The summed E-state index contributed by atoms with van der Waals surface area (Å²) in [5.41, 5.74) is 0.781. The highest BCUT2D eigenvalue weighted by Gasteiger charge is 2.41. The highest BCUT2D eigenvalue weighted by atomic mass is 35.5. The maximum absolute atomic E-state index is 13.0. The van der Waals surface area contributed by atoms with Crippen molar-refractivity contribution in [3.8, 4) is 0 Å². The number of hydrogen-bond acceptors (Lipinski definition) is 5. The highest BCUT2D eigenvalue weighted by molar-refractivity contribution is 5.89. The summed E-state index contributed by atoms with van der Waals surface area (Å²) in [6.07, 6.45) is 4.94. The molecule has 1 aromatic carbocycles. The predicted octanol–water partition coefficient (Wildman–Crippen LogP) is 1.88. The first kappa shape index (κ1) is 20.9. The number of amides is 1. The predicted molar refractivity (Wildman–Crippen MR) is 104 cm³/mol. The Hall–Kier alpha value is -2.38. The first-order valence-corrected chi connectivity index (χ1v) is 8.91. The number of piperidine rings is 1. The number of ether oxygens (including phenoxy) is 1. The van der Waals surface area contributed by atoms with Gasteiger partial charge in [0.2, 0.25) is 5.91 Å². The van der Waals surface area contributed by atoms with Gasteiger partial charge in [-0.3, -0.25) is 9.48 Å². The van der Waals surface area contributed by atoms with E-state index in [0.29, 0.717) is 31.6 Å². The van der Waals surface area contributed by atoms with Crippen LogP contribution in [0.4, 0.5) is 0 Å². The lowest BCUT2D eigenvalue weighted by Crippen LogP contribution is -2.54. The first-order chi connectivity index (χ1) is 12.7. The maximum atomic E-state index is 13.0. The molecule has 8 heteroatoms. The number of benzene rings is 1. The second-order valence-electron chi connectivity index (χ2n) is 6.33. The molecule has 146 valence electrons. The van der Waals surface area contributed by atoms with Crippen molar-refractivity contribution in [2.24, 2.45) is 0 Å². The molecule has 27 heavy (non-hydrogen) atoms. The molecule has 2 heterocycles. The van der Waals surface area contributed by atoms with Crippen LogP contribution in [0.1, 0.15) is 35.7 Å². The summed E-state index contributed by atoms with van der Waals surface area (Å²) in [4.78, 5) is 24.7. The van der Waals surface area contributed by atoms with Crippen molar-refractivity contribution in [2.75, 3.05) is 19.7 Å². The molecular formula is C19H25ClN4O3. The zero-order valence-electron chi connectivity index (χ0n) is 15.3. The third-order valence-electron chi connectivity index (χ3n) is 4.71. The summed E-state index contributed by atoms with van der Waals surface area (Å²) in [6.45, 7) is 4.08. The average molecular weight is 393 g/mol. The molecule has 0 bridgehead atoms. The SMILES string of the molecule is CCOC(=O)c1ccc(CNC(=O)C2(n3cccn3)CCNCC2)cc1.Cl. The molecule has 1 amide bonds. The van der Waals surface area contributed by atoms with E-state index in [0.717, 1.165) is 18.7 Å². The van der Waals surface area contributed by atoms with Crippen LogP contribution in [-0.4, -0.2) is 41.4 Å².